The van der Waals surface area contributed by atoms with E-state index in [-0.39, 0.29) is 11.6 Å². The Balaban J connectivity index is 1.91. The maximum absolute atomic E-state index is 13.3. The molecule has 4 heteroatoms. The highest BCUT2D eigenvalue weighted by Gasteiger charge is 2.33. The summed E-state index contributed by atoms with van der Waals surface area (Å²) in [6.07, 6.45) is 1.73. The molecule has 0 atom stereocenters. The number of fused-ring (bicyclic) bond motifs is 2. The molecule has 0 saturated carbocycles. The van der Waals surface area contributed by atoms with E-state index in [0.29, 0.717) is 33.6 Å². The minimum atomic E-state index is -0.203. The maximum Gasteiger partial charge on any atom is 0.196 e. The van der Waals surface area contributed by atoms with Crippen LogP contribution in [-0.2, 0) is 12.8 Å². The molecule has 0 fully saturated rings. The van der Waals surface area contributed by atoms with E-state index in [4.69, 9.17) is 5.73 Å². The molecule has 28 heavy (non-hydrogen) atoms. The van der Waals surface area contributed by atoms with Gasteiger partial charge < -0.3 is 11.1 Å². The van der Waals surface area contributed by atoms with Crippen LogP contribution in [0.5, 0.6) is 0 Å². The number of para-hydroxylation sites is 1. The lowest BCUT2D eigenvalue weighted by atomic mass is 9.82. The Morgan fingerprint density at radius 1 is 0.750 bits per heavy atom. The zero-order valence-electron chi connectivity index (χ0n) is 16.0. The monoisotopic (exact) mass is 370 g/mol. The highest BCUT2D eigenvalue weighted by atomic mass is 16.1. The van der Waals surface area contributed by atoms with E-state index < -0.39 is 0 Å². The molecule has 0 radical (unpaired) electrons. The summed E-state index contributed by atoms with van der Waals surface area (Å²) in [5, 5.41) is 3.45. The summed E-state index contributed by atoms with van der Waals surface area (Å²) in [4.78, 5) is 26.3. The van der Waals surface area contributed by atoms with Gasteiger partial charge in [-0.2, -0.15) is 0 Å². The van der Waals surface area contributed by atoms with Gasteiger partial charge in [0.1, 0.15) is 0 Å². The first-order chi connectivity index (χ1) is 13.6. The summed E-state index contributed by atoms with van der Waals surface area (Å²) in [5.74, 6) is -0.377. The van der Waals surface area contributed by atoms with Gasteiger partial charge in [0.05, 0.1) is 16.8 Å². The van der Waals surface area contributed by atoms with Crippen molar-refractivity contribution in [2.75, 3.05) is 11.1 Å². The van der Waals surface area contributed by atoms with Gasteiger partial charge in [-0.15, -0.1) is 0 Å². The van der Waals surface area contributed by atoms with E-state index >= 15 is 0 Å². The molecule has 0 heterocycles. The highest BCUT2D eigenvalue weighted by molar-refractivity contribution is 6.31. The Hall–Kier alpha value is -3.40. The van der Waals surface area contributed by atoms with Crippen LogP contribution in [0.4, 0.5) is 17.1 Å². The Bertz CT molecular complexity index is 1090. The predicted molar refractivity (Wildman–Crippen MR) is 113 cm³/mol. The van der Waals surface area contributed by atoms with Gasteiger partial charge in [0.15, 0.2) is 11.6 Å². The summed E-state index contributed by atoms with van der Waals surface area (Å²) < 4.78 is 0. The number of hydrogen-bond acceptors (Lipinski definition) is 4. The quantitative estimate of drug-likeness (QED) is 0.501. The van der Waals surface area contributed by atoms with E-state index in [2.05, 4.69) is 31.3 Å². The number of carbonyl (C=O) groups is 2. The molecule has 3 aromatic carbocycles. The molecule has 0 amide bonds. The van der Waals surface area contributed by atoms with E-state index in [0.717, 1.165) is 18.5 Å². The molecule has 0 saturated heterocycles. The van der Waals surface area contributed by atoms with Crippen molar-refractivity contribution in [3.05, 3.63) is 88.0 Å². The van der Waals surface area contributed by atoms with Crippen molar-refractivity contribution in [1.82, 2.24) is 0 Å². The van der Waals surface area contributed by atoms with Gasteiger partial charge >= 0.3 is 0 Å². The van der Waals surface area contributed by atoms with Crippen molar-refractivity contribution in [1.29, 1.82) is 0 Å². The van der Waals surface area contributed by atoms with Crippen LogP contribution < -0.4 is 11.1 Å². The van der Waals surface area contributed by atoms with E-state index in [9.17, 15) is 9.59 Å². The SMILES string of the molecule is CCc1cccc(CC)c1Nc1ccc(N)c2c1C(=O)c1ccccc1C2=O. The van der Waals surface area contributed by atoms with Gasteiger partial charge in [0, 0.05) is 22.5 Å². The van der Waals surface area contributed by atoms with Crippen LogP contribution in [0, 0.1) is 0 Å². The van der Waals surface area contributed by atoms with Crippen LogP contribution in [0.1, 0.15) is 56.8 Å². The van der Waals surface area contributed by atoms with E-state index in [1.54, 1.807) is 36.4 Å². The van der Waals surface area contributed by atoms with Crippen molar-refractivity contribution < 1.29 is 9.59 Å². The van der Waals surface area contributed by atoms with Crippen molar-refractivity contribution in [3.8, 4) is 0 Å². The molecule has 0 aliphatic heterocycles. The first-order valence-electron chi connectivity index (χ1n) is 9.55. The Morgan fingerprint density at radius 2 is 1.32 bits per heavy atom. The average Bonchev–Trinajstić information content (AvgIpc) is 2.73. The van der Waals surface area contributed by atoms with Crippen LogP contribution in [0.3, 0.4) is 0 Å². The Kier molecular flexibility index (Phi) is 4.47. The number of aryl methyl sites for hydroxylation is 2. The number of ketones is 2. The normalized spacial score (nSPS) is 12.5. The van der Waals surface area contributed by atoms with Gasteiger partial charge in [-0.25, -0.2) is 0 Å². The predicted octanol–water partition coefficient (Wildman–Crippen LogP) is 4.91. The average molecular weight is 370 g/mol. The van der Waals surface area contributed by atoms with Crippen LogP contribution in [-0.4, -0.2) is 11.6 Å². The maximum atomic E-state index is 13.3. The Labute approximate surface area is 164 Å². The summed E-state index contributed by atoms with van der Waals surface area (Å²) in [5.41, 5.74) is 11.9. The van der Waals surface area contributed by atoms with Crippen molar-refractivity contribution >= 4 is 28.6 Å². The second kappa shape index (κ2) is 6.97. The topological polar surface area (TPSA) is 72.2 Å². The van der Waals surface area contributed by atoms with Gasteiger partial charge in [-0.3, -0.25) is 9.59 Å². The fourth-order valence-electron chi connectivity index (χ4n) is 3.89. The second-order valence-corrected chi connectivity index (χ2v) is 6.94. The molecule has 0 unspecified atom stereocenters. The smallest absolute Gasteiger partial charge is 0.196 e. The minimum Gasteiger partial charge on any atom is -0.398 e. The first-order valence-corrected chi connectivity index (χ1v) is 9.55. The van der Waals surface area contributed by atoms with Crippen LogP contribution in [0.25, 0.3) is 0 Å². The number of carbonyl (C=O) groups excluding carboxylic acids is 2. The molecule has 1 aliphatic carbocycles. The third-order valence-electron chi connectivity index (χ3n) is 5.37. The van der Waals surface area contributed by atoms with Crippen LogP contribution >= 0.6 is 0 Å². The van der Waals surface area contributed by atoms with E-state index in [1.807, 2.05) is 6.07 Å². The third-order valence-corrected chi connectivity index (χ3v) is 5.37. The highest BCUT2D eigenvalue weighted by Crippen LogP contribution is 2.37. The third kappa shape index (κ3) is 2.69. The van der Waals surface area contributed by atoms with Crippen molar-refractivity contribution in [3.63, 3.8) is 0 Å². The largest absolute Gasteiger partial charge is 0.398 e. The Morgan fingerprint density at radius 3 is 1.89 bits per heavy atom. The molecule has 0 bridgehead atoms. The molecule has 0 aromatic heterocycles. The number of nitrogen functional groups attached to an aromatic ring is 1. The summed E-state index contributed by atoms with van der Waals surface area (Å²) in [7, 11) is 0. The van der Waals surface area contributed by atoms with E-state index in [1.165, 1.54) is 11.1 Å². The van der Waals surface area contributed by atoms with Gasteiger partial charge in [-0.1, -0.05) is 56.3 Å². The second-order valence-electron chi connectivity index (χ2n) is 6.94. The number of anilines is 3. The number of nitrogens with two attached hydrogens (primary N) is 1. The number of benzene rings is 3. The molecule has 140 valence electrons. The van der Waals surface area contributed by atoms with Gasteiger partial charge in [-0.05, 0) is 36.1 Å². The zero-order valence-corrected chi connectivity index (χ0v) is 16.0. The minimum absolute atomic E-state index is 0.174. The van der Waals surface area contributed by atoms with Crippen LogP contribution in [0.2, 0.25) is 0 Å². The lowest BCUT2D eigenvalue weighted by molar-refractivity contribution is 0.0980. The lowest BCUT2D eigenvalue weighted by Crippen LogP contribution is -2.23. The molecule has 3 N–H and O–H groups in total. The van der Waals surface area contributed by atoms with Gasteiger partial charge in [0.2, 0.25) is 0 Å². The van der Waals surface area contributed by atoms with Gasteiger partial charge in [0.25, 0.3) is 0 Å². The standard InChI is InChI=1S/C24H22N2O2/c1-3-14-8-7-9-15(4-2)22(14)26-19-13-12-18(25)20-21(19)24(28)17-11-6-5-10-16(17)23(20)27/h5-13,26H,3-4,25H2,1-2H3. The molecule has 4 rings (SSSR count). The summed E-state index contributed by atoms with van der Waals surface area (Å²) >= 11 is 0. The number of nitrogens with one attached hydrogen (secondary N) is 1. The summed E-state index contributed by atoms with van der Waals surface area (Å²) in [6.45, 7) is 4.20. The first kappa shape index (κ1) is 18.0. The van der Waals surface area contributed by atoms with Crippen molar-refractivity contribution in [2.24, 2.45) is 0 Å². The molecule has 3 aromatic rings. The fraction of sp³-hybridized carbons (Fsp3) is 0.167. The number of hydrogen-bond donors (Lipinski definition) is 2. The molecule has 1 aliphatic rings. The molecular weight excluding hydrogens is 348 g/mol. The molecule has 0 spiro atoms. The lowest BCUT2D eigenvalue weighted by Gasteiger charge is -2.23. The molecule has 4 nitrogen and oxygen atoms in total. The number of rotatable bonds is 4. The fourth-order valence-corrected chi connectivity index (χ4v) is 3.89. The molecular formula is C24H22N2O2. The zero-order chi connectivity index (χ0) is 19.8. The summed E-state index contributed by atoms with van der Waals surface area (Å²) in [6, 6.07) is 16.6. The van der Waals surface area contributed by atoms with Crippen LogP contribution in [0.15, 0.2) is 54.6 Å². The van der Waals surface area contributed by atoms with Crippen molar-refractivity contribution in [2.45, 2.75) is 26.7 Å².